The molecule has 3 nitrogen and oxygen atoms in total. The number of fused-ring (bicyclic) bond motifs is 2. The van der Waals surface area contributed by atoms with Gasteiger partial charge >= 0.3 is 0 Å². The Kier molecular flexibility index (Phi) is 4.49. The van der Waals surface area contributed by atoms with Gasteiger partial charge in [0, 0.05) is 6.54 Å². The van der Waals surface area contributed by atoms with Crippen LogP contribution in [0.25, 0.3) is 10.8 Å². The number of ether oxygens (including phenoxy) is 1. The van der Waals surface area contributed by atoms with Crippen LogP contribution in [0.15, 0.2) is 66.7 Å². The molecule has 25 heavy (non-hydrogen) atoms. The summed E-state index contributed by atoms with van der Waals surface area (Å²) in [6.45, 7) is 1.22. The Morgan fingerprint density at radius 1 is 1.00 bits per heavy atom. The molecule has 126 valence electrons. The summed E-state index contributed by atoms with van der Waals surface area (Å²) < 4.78 is 5.86. The number of benzene rings is 3. The number of hydrogen-bond acceptors (Lipinski definition) is 2. The third-order valence-electron chi connectivity index (χ3n) is 4.81. The number of hydrogen-bond donors (Lipinski definition) is 1. The molecular formula is C22H21NO2. The van der Waals surface area contributed by atoms with Gasteiger partial charge in [0.05, 0.1) is 13.0 Å². The first-order valence-electron chi connectivity index (χ1n) is 8.74. The molecule has 3 aromatic carbocycles. The summed E-state index contributed by atoms with van der Waals surface area (Å²) in [4.78, 5) is 12.4. The first-order valence-corrected chi connectivity index (χ1v) is 8.74. The summed E-state index contributed by atoms with van der Waals surface area (Å²) in [6, 6.07) is 22.6. The number of nitrogens with one attached hydrogen (secondary N) is 1. The minimum atomic E-state index is -0.0542. The van der Waals surface area contributed by atoms with Crippen LogP contribution in [0.5, 0.6) is 0 Å². The van der Waals surface area contributed by atoms with Gasteiger partial charge in [-0.15, -0.1) is 0 Å². The second-order valence-electron chi connectivity index (χ2n) is 6.43. The van der Waals surface area contributed by atoms with Gasteiger partial charge in [-0.2, -0.15) is 0 Å². The van der Waals surface area contributed by atoms with Crippen molar-refractivity contribution in [3.8, 4) is 0 Å². The monoisotopic (exact) mass is 331 g/mol. The van der Waals surface area contributed by atoms with Gasteiger partial charge in [-0.25, -0.2) is 0 Å². The van der Waals surface area contributed by atoms with E-state index < -0.39 is 0 Å². The highest BCUT2D eigenvalue weighted by Gasteiger charge is 2.20. The highest BCUT2D eigenvalue weighted by atomic mass is 16.5. The van der Waals surface area contributed by atoms with E-state index in [0.29, 0.717) is 19.6 Å². The fraction of sp³-hybridized carbons (Fsp3) is 0.227. The maximum absolute atomic E-state index is 12.4. The van der Waals surface area contributed by atoms with Crippen LogP contribution in [0.2, 0.25) is 0 Å². The molecule has 0 radical (unpaired) electrons. The van der Waals surface area contributed by atoms with Crippen LogP contribution in [0, 0.1) is 0 Å². The van der Waals surface area contributed by atoms with Crippen molar-refractivity contribution in [2.45, 2.75) is 18.9 Å². The van der Waals surface area contributed by atoms with Crippen molar-refractivity contribution >= 4 is 16.7 Å². The van der Waals surface area contributed by atoms with Gasteiger partial charge in [0.15, 0.2) is 0 Å². The molecule has 0 saturated carbocycles. The van der Waals surface area contributed by atoms with Crippen molar-refractivity contribution in [1.82, 2.24) is 5.32 Å². The van der Waals surface area contributed by atoms with Gasteiger partial charge < -0.3 is 10.1 Å². The van der Waals surface area contributed by atoms with Crippen LogP contribution < -0.4 is 5.32 Å². The molecule has 0 bridgehead atoms. The van der Waals surface area contributed by atoms with Crippen LogP contribution >= 0.6 is 0 Å². The van der Waals surface area contributed by atoms with E-state index >= 15 is 0 Å². The van der Waals surface area contributed by atoms with E-state index in [0.717, 1.165) is 22.8 Å². The third-order valence-corrected chi connectivity index (χ3v) is 4.81. The Labute approximate surface area is 147 Å². The van der Waals surface area contributed by atoms with E-state index in [1.54, 1.807) is 0 Å². The molecule has 0 aromatic heterocycles. The minimum Gasteiger partial charge on any atom is -0.371 e. The van der Waals surface area contributed by atoms with Crippen LogP contribution in [0.1, 0.15) is 22.8 Å². The van der Waals surface area contributed by atoms with Crippen molar-refractivity contribution < 1.29 is 9.53 Å². The van der Waals surface area contributed by atoms with E-state index in [2.05, 4.69) is 41.7 Å². The lowest BCUT2D eigenvalue weighted by Gasteiger charge is -2.26. The number of carbonyl (C=O) groups excluding carboxylic acids is 1. The van der Waals surface area contributed by atoms with Gasteiger partial charge in [-0.05, 0) is 33.9 Å². The molecule has 3 aromatic rings. The number of carbonyl (C=O) groups is 1. The molecule has 0 unspecified atom stereocenters. The summed E-state index contributed by atoms with van der Waals surface area (Å²) in [6.07, 6.45) is 1.27. The molecular weight excluding hydrogens is 310 g/mol. The molecule has 0 fully saturated rings. The topological polar surface area (TPSA) is 38.3 Å². The maximum atomic E-state index is 12.4. The van der Waals surface area contributed by atoms with Gasteiger partial charge in [0.1, 0.15) is 6.10 Å². The number of amides is 1. The second kappa shape index (κ2) is 7.08. The molecule has 1 heterocycles. The molecule has 1 amide bonds. The van der Waals surface area contributed by atoms with E-state index in [9.17, 15) is 4.79 Å². The summed E-state index contributed by atoms with van der Waals surface area (Å²) in [5.41, 5.74) is 3.57. The lowest BCUT2D eigenvalue weighted by Crippen LogP contribution is -2.32. The largest absolute Gasteiger partial charge is 0.371 e. The Bertz CT molecular complexity index is 898. The quantitative estimate of drug-likeness (QED) is 0.789. The highest BCUT2D eigenvalue weighted by Crippen LogP contribution is 2.26. The van der Waals surface area contributed by atoms with Crippen molar-refractivity contribution in [3.63, 3.8) is 0 Å². The maximum Gasteiger partial charge on any atom is 0.224 e. The van der Waals surface area contributed by atoms with Gasteiger partial charge in [-0.1, -0.05) is 66.7 Å². The molecule has 1 N–H and O–H groups in total. The SMILES string of the molecule is O=C(Cc1cccc2ccccc12)NC[C@@H]1OCCc2ccccc21. The Balaban J connectivity index is 1.43. The molecule has 1 atom stereocenters. The second-order valence-corrected chi connectivity index (χ2v) is 6.43. The minimum absolute atomic E-state index is 0.0306. The van der Waals surface area contributed by atoms with Crippen LogP contribution in [0.4, 0.5) is 0 Å². The predicted molar refractivity (Wildman–Crippen MR) is 99.5 cm³/mol. The first-order chi connectivity index (χ1) is 12.3. The number of rotatable bonds is 4. The molecule has 0 aliphatic carbocycles. The van der Waals surface area contributed by atoms with E-state index in [1.807, 2.05) is 30.3 Å². The van der Waals surface area contributed by atoms with Crippen molar-refractivity contribution in [2.75, 3.05) is 13.2 Å². The fourth-order valence-electron chi connectivity index (χ4n) is 3.53. The van der Waals surface area contributed by atoms with Crippen LogP contribution in [0.3, 0.4) is 0 Å². The predicted octanol–water partition coefficient (Wildman–Crippen LogP) is 3.81. The van der Waals surface area contributed by atoms with Gasteiger partial charge in [0.2, 0.25) is 5.91 Å². The van der Waals surface area contributed by atoms with Crippen LogP contribution in [-0.4, -0.2) is 19.1 Å². The molecule has 1 aliphatic rings. The zero-order chi connectivity index (χ0) is 17.1. The zero-order valence-electron chi connectivity index (χ0n) is 14.1. The first kappa shape index (κ1) is 15.9. The summed E-state index contributed by atoms with van der Waals surface area (Å²) in [5.74, 6) is 0.0306. The molecule has 3 heteroatoms. The molecule has 0 spiro atoms. The summed E-state index contributed by atoms with van der Waals surface area (Å²) in [7, 11) is 0. The fourth-order valence-corrected chi connectivity index (χ4v) is 3.53. The summed E-state index contributed by atoms with van der Waals surface area (Å²) >= 11 is 0. The lowest BCUT2D eigenvalue weighted by atomic mass is 9.97. The average molecular weight is 331 g/mol. The summed E-state index contributed by atoms with van der Waals surface area (Å²) in [5, 5.41) is 5.35. The van der Waals surface area contributed by atoms with Gasteiger partial charge in [-0.3, -0.25) is 4.79 Å². The normalized spacial score (nSPS) is 16.4. The highest BCUT2D eigenvalue weighted by molar-refractivity contribution is 5.90. The molecule has 0 saturated heterocycles. The molecule has 1 aliphatic heterocycles. The molecule has 4 rings (SSSR count). The van der Waals surface area contributed by atoms with Crippen LogP contribution in [-0.2, 0) is 22.4 Å². The lowest BCUT2D eigenvalue weighted by molar-refractivity contribution is -0.121. The Morgan fingerprint density at radius 2 is 1.80 bits per heavy atom. The smallest absolute Gasteiger partial charge is 0.224 e. The van der Waals surface area contributed by atoms with Crippen molar-refractivity contribution in [2.24, 2.45) is 0 Å². The van der Waals surface area contributed by atoms with E-state index in [4.69, 9.17) is 4.74 Å². The van der Waals surface area contributed by atoms with Gasteiger partial charge in [0.25, 0.3) is 0 Å². The third kappa shape index (κ3) is 3.42. The van der Waals surface area contributed by atoms with Crippen molar-refractivity contribution in [3.05, 3.63) is 83.4 Å². The Morgan fingerprint density at radius 3 is 2.76 bits per heavy atom. The Hall–Kier alpha value is -2.65. The standard InChI is InChI=1S/C22H21NO2/c24-22(14-18-9-5-8-16-6-1-3-10-19(16)18)23-15-21-20-11-4-2-7-17(20)12-13-25-21/h1-11,21H,12-15H2,(H,23,24)/t21-/m0/s1. The van der Waals surface area contributed by atoms with E-state index in [1.165, 1.54) is 11.1 Å². The zero-order valence-corrected chi connectivity index (χ0v) is 14.1. The van der Waals surface area contributed by atoms with Crippen molar-refractivity contribution in [1.29, 1.82) is 0 Å². The van der Waals surface area contributed by atoms with E-state index in [-0.39, 0.29) is 12.0 Å². The average Bonchev–Trinajstić information content (AvgIpc) is 2.66.